The molecule has 0 aromatic heterocycles. The van der Waals surface area contributed by atoms with Gasteiger partial charge in [0.05, 0.1) is 0 Å². The zero-order valence-corrected chi connectivity index (χ0v) is 9.14. The Balaban J connectivity index is 2.43. The summed E-state index contributed by atoms with van der Waals surface area (Å²) in [6, 6.07) is 6.19. The number of aliphatic hydroxyl groups is 2. The molecule has 1 aliphatic rings. The molecule has 0 spiro atoms. The lowest BCUT2D eigenvalue weighted by molar-refractivity contribution is -0.231. The van der Waals surface area contributed by atoms with E-state index in [-0.39, 0.29) is 5.56 Å². The molecule has 16 heavy (non-hydrogen) atoms. The molecule has 2 rings (SSSR count). The van der Waals surface area contributed by atoms with E-state index in [9.17, 15) is 18.6 Å². The fourth-order valence-corrected chi connectivity index (χ4v) is 2.26. The summed E-state index contributed by atoms with van der Waals surface area (Å²) < 4.78 is 30.3. The molecule has 1 aliphatic heterocycles. The number of hydrogen-bond acceptors (Lipinski definition) is 6. The first-order chi connectivity index (χ1) is 7.33. The molecule has 0 bridgehead atoms. The fourth-order valence-electron chi connectivity index (χ4n) is 1.38. The number of aryl methyl sites for hydroxylation is 1. The average Bonchev–Trinajstić information content (AvgIpc) is 2.37. The maximum atomic E-state index is 10.9. The lowest BCUT2D eigenvalue weighted by Gasteiger charge is -2.21. The van der Waals surface area contributed by atoms with E-state index in [1.165, 1.54) is 12.1 Å². The number of rotatable bonds is 1. The molecular weight excluding hydrogens is 236 g/mol. The van der Waals surface area contributed by atoms with Gasteiger partial charge in [-0.25, -0.2) is 8.37 Å². The van der Waals surface area contributed by atoms with Gasteiger partial charge >= 0.3 is 10.4 Å². The first-order valence-electron chi connectivity index (χ1n) is 4.45. The van der Waals surface area contributed by atoms with Crippen LogP contribution in [0.2, 0.25) is 0 Å². The van der Waals surface area contributed by atoms with Crippen LogP contribution in [-0.4, -0.2) is 24.9 Å². The Kier molecular flexibility index (Phi) is 2.52. The average molecular weight is 246 g/mol. The molecule has 1 aromatic rings. The van der Waals surface area contributed by atoms with Gasteiger partial charge in [0.1, 0.15) is 0 Å². The molecule has 0 aliphatic carbocycles. The smallest absolute Gasteiger partial charge is 0.362 e. The van der Waals surface area contributed by atoms with E-state index in [2.05, 4.69) is 8.37 Å². The minimum atomic E-state index is -4.36. The van der Waals surface area contributed by atoms with Crippen molar-refractivity contribution in [2.75, 3.05) is 0 Å². The topological polar surface area (TPSA) is 93.1 Å². The summed E-state index contributed by atoms with van der Waals surface area (Å²) in [6.45, 7) is 1.83. The second-order valence-electron chi connectivity index (χ2n) is 3.50. The molecule has 0 saturated carbocycles. The van der Waals surface area contributed by atoms with Crippen molar-refractivity contribution >= 4 is 10.4 Å². The Morgan fingerprint density at radius 2 is 1.88 bits per heavy atom. The molecule has 2 N–H and O–H groups in total. The molecule has 1 saturated heterocycles. The standard InChI is InChI=1S/C9H10O6S/c1-6-2-4-7(5-3-6)9(11)8(10)14-16(12,13)15-9/h2-5,8,10-11H,1H3. The van der Waals surface area contributed by atoms with Crippen LogP contribution < -0.4 is 0 Å². The van der Waals surface area contributed by atoms with Crippen molar-refractivity contribution in [2.45, 2.75) is 19.0 Å². The maximum absolute atomic E-state index is 10.9. The van der Waals surface area contributed by atoms with Crippen LogP contribution in [-0.2, 0) is 24.6 Å². The Morgan fingerprint density at radius 1 is 1.31 bits per heavy atom. The van der Waals surface area contributed by atoms with Crippen LogP contribution in [0.15, 0.2) is 24.3 Å². The third-order valence-electron chi connectivity index (χ3n) is 2.24. The normalized spacial score (nSPS) is 32.8. The molecular formula is C9H10O6S. The van der Waals surface area contributed by atoms with Crippen molar-refractivity contribution in [1.29, 1.82) is 0 Å². The van der Waals surface area contributed by atoms with Gasteiger partial charge in [0, 0.05) is 5.56 Å². The van der Waals surface area contributed by atoms with Crippen molar-refractivity contribution in [3.63, 3.8) is 0 Å². The zero-order valence-electron chi connectivity index (χ0n) is 8.32. The number of hydrogen-bond donors (Lipinski definition) is 2. The lowest BCUT2D eigenvalue weighted by atomic mass is 10.0. The summed E-state index contributed by atoms with van der Waals surface area (Å²) in [7, 11) is -4.36. The first-order valence-corrected chi connectivity index (χ1v) is 5.78. The molecule has 2 atom stereocenters. The summed E-state index contributed by atoms with van der Waals surface area (Å²) in [5.74, 6) is -2.38. The Morgan fingerprint density at radius 3 is 2.31 bits per heavy atom. The van der Waals surface area contributed by atoms with Crippen LogP contribution in [0.25, 0.3) is 0 Å². The van der Waals surface area contributed by atoms with Crippen LogP contribution in [0.5, 0.6) is 0 Å². The summed E-state index contributed by atoms with van der Waals surface area (Å²) in [4.78, 5) is 0. The van der Waals surface area contributed by atoms with E-state index in [0.717, 1.165) is 5.56 Å². The Labute approximate surface area is 92.4 Å². The lowest BCUT2D eigenvalue weighted by Crippen LogP contribution is -2.36. The Bertz CT molecular complexity index is 493. The third kappa shape index (κ3) is 1.83. The highest BCUT2D eigenvalue weighted by Crippen LogP contribution is 2.36. The molecule has 1 fully saturated rings. The SMILES string of the molecule is Cc1ccc(C2(O)OS(=O)(=O)OC2O)cc1. The highest BCUT2D eigenvalue weighted by Gasteiger charge is 2.53. The second kappa shape index (κ2) is 3.51. The van der Waals surface area contributed by atoms with Crippen LogP contribution >= 0.6 is 0 Å². The molecule has 1 heterocycles. The largest absolute Gasteiger partial charge is 0.405 e. The van der Waals surface area contributed by atoms with Gasteiger partial charge in [-0.05, 0) is 6.92 Å². The van der Waals surface area contributed by atoms with Crippen molar-refractivity contribution in [1.82, 2.24) is 0 Å². The highest BCUT2D eigenvalue weighted by atomic mass is 32.3. The van der Waals surface area contributed by atoms with Gasteiger partial charge in [0.2, 0.25) is 6.29 Å². The summed E-state index contributed by atoms with van der Waals surface area (Å²) in [5.41, 5.74) is 1.02. The van der Waals surface area contributed by atoms with Gasteiger partial charge in [-0.15, -0.1) is 0 Å². The quantitative estimate of drug-likeness (QED) is 0.709. The molecule has 6 nitrogen and oxygen atoms in total. The van der Waals surface area contributed by atoms with E-state index < -0.39 is 22.5 Å². The van der Waals surface area contributed by atoms with Gasteiger partial charge in [0.15, 0.2) is 0 Å². The molecule has 2 unspecified atom stereocenters. The van der Waals surface area contributed by atoms with Crippen molar-refractivity contribution in [2.24, 2.45) is 0 Å². The molecule has 88 valence electrons. The van der Waals surface area contributed by atoms with Crippen LogP contribution in [0.3, 0.4) is 0 Å². The maximum Gasteiger partial charge on any atom is 0.405 e. The van der Waals surface area contributed by atoms with E-state index in [4.69, 9.17) is 0 Å². The monoisotopic (exact) mass is 246 g/mol. The number of aliphatic hydroxyl groups excluding tert-OH is 1. The predicted molar refractivity (Wildman–Crippen MR) is 52.2 cm³/mol. The second-order valence-corrected chi connectivity index (χ2v) is 4.68. The number of benzene rings is 1. The van der Waals surface area contributed by atoms with Gasteiger partial charge in [-0.3, -0.25) is 0 Å². The first kappa shape index (κ1) is 11.5. The van der Waals surface area contributed by atoms with E-state index in [1.807, 2.05) is 6.92 Å². The van der Waals surface area contributed by atoms with Crippen LogP contribution in [0.1, 0.15) is 11.1 Å². The van der Waals surface area contributed by atoms with Gasteiger partial charge in [-0.1, -0.05) is 29.8 Å². The van der Waals surface area contributed by atoms with E-state index in [0.29, 0.717) is 0 Å². The van der Waals surface area contributed by atoms with Crippen molar-refractivity contribution < 1.29 is 27.0 Å². The minimum Gasteiger partial charge on any atom is -0.362 e. The van der Waals surface area contributed by atoms with Crippen molar-refractivity contribution in [3.05, 3.63) is 35.4 Å². The minimum absolute atomic E-state index is 0.103. The summed E-state index contributed by atoms with van der Waals surface area (Å²) in [5, 5.41) is 19.2. The summed E-state index contributed by atoms with van der Waals surface area (Å²) in [6.07, 6.45) is -1.97. The molecule has 0 radical (unpaired) electrons. The Hall–Kier alpha value is -0.990. The molecule has 7 heteroatoms. The molecule has 0 amide bonds. The van der Waals surface area contributed by atoms with E-state index >= 15 is 0 Å². The van der Waals surface area contributed by atoms with Crippen molar-refractivity contribution in [3.8, 4) is 0 Å². The predicted octanol–water partition coefficient (Wildman–Crippen LogP) is -0.250. The fraction of sp³-hybridized carbons (Fsp3) is 0.333. The third-order valence-corrected chi connectivity index (χ3v) is 3.11. The van der Waals surface area contributed by atoms with Gasteiger partial charge < -0.3 is 10.2 Å². The van der Waals surface area contributed by atoms with Gasteiger partial charge in [-0.2, -0.15) is 8.42 Å². The van der Waals surface area contributed by atoms with Crippen LogP contribution in [0.4, 0.5) is 0 Å². The molecule has 1 aromatic carbocycles. The summed E-state index contributed by atoms with van der Waals surface area (Å²) >= 11 is 0. The van der Waals surface area contributed by atoms with Gasteiger partial charge in [0.25, 0.3) is 5.79 Å². The van der Waals surface area contributed by atoms with Crippen LogP contribution in [0, 0.1) is 6.92 Å². The zero-order chi connectivity index (χ0) is 12.0. The highest BCUT2D eigenvalue weighted by molar-refractivity contribution is 7.82. The van der Waals surface area contributed by atoms with E-state index in [1.54, 1.807) is 12.1 Å².